The summed E-state index contributed by atoms with van der Waals surface area (Å²) in [5, 5.41) is 23.3. The van der Waals surface area contributed by atoms with Gasteiger partial charge in [-0.05, 0) is 136 Å². The minimum absolute atomic E-state index is 0.395. The lowest BCUT2D eigenvalue weighted by molar-refractivity contribution is -0.101. The molecule has 5 aliphatic carbocycles. The molecule has 30 heavy (non-hydrogen) atoms. The van der Waals surface area contributed by atoms with Gasteiger partial charge in [-0.3, -0.25) is 0 Å². The van der Waals surface area contributed by atoms with E-state index in [0.717, 1.165) is 72.6 Å². The molecule has 1 aromatic heterocycles. The SMILES string of the molecule is Cc1nnn(C[C@H]2C[C@@H]2[C@H]2CC[C@H]3[C@@H]4CC[C@@H]5C[C@](C)(O)CC[C@@H]5[C@H]4CC[C@]23C)n1. The third kappa shape index (κ3) is 3.09. The van der Waals surface area contributed by atoms with E-state index in [9.17, 15) is 5.11 Å². The molecule has 5 saturated carbocycles. The molecule has 0 bridgehead atoms. The molecule has 166 valence electrons. The van der Waals surface area contributed by atoms with Crippen LogP contribution in [-0.2, 0) is 6.54 Å². The van der Waals surface area contributed by atoms with Crippen LogP contribution >= 0.6 is 0 Å². The van der Waals surface area contributed by atoms with Gasteiger partial charge in [0.05, 0.1) is 12.1 Å². The Morgan fingerprint density at radius 1 is 0.933 bits per heavy atom. The first-order valence-electron chi connectivity index (χ1n) is 12.8. The maximum Gasteiger partial charge on any atom is 0.171 e. The van der Waals surface area contributed by atoms with E-state index in [1.54, 1.807) is 0 Å². The third-order valence-electron chi connectivity index (χ3n) is 10.8. The Morgan fingerprint density at radius 2 is 1.70 bits per heavy atom. The molecular formula is C25H40N4O. The molecule has 10 atom stereocenters. The quantitative estimate of drug-likeness (QED) is 0.786. The highest BCUT2D eigenvalue weighted by Crippen LogP contribution is 2.68. The van der Waals surface area contributed by atoms with Gasteiger partial charge in [0.15, 0.2) is 5.82 Å². The number of rotatable bonds is 3. The van der Waals surface area contributed by atoms with Gasteiger partial charge in [-0.15, -0.1) is 10.2 Å². The monoisotopic (exact) mass is 412 g/mol. The number of aromatic nitrogens is 4. The lowest BCUT2D eigenvalue weighted by Crippen LogP contribution is -2.50. The van der Waals surface area contributed by atoms with Crippen molar-refractivity contribution in [1.82, 2.24) is 20.2 Å². The first-order valence-corrected chi connectivity index (χ1v) is 12.8. The van der Waals surface area contributed by atoms with Gasteiger partial charge in [0, 0.05) is 0 Å². The summed E-state index contributed by atoms with van der Waals surface area (Å²) in [4.78, 5) is 1.84. The summed E-state index contributed by atoms with van der Waals surface area (Å²) in [6, 6.07) is 0. The second-order valence-corrected chi connectivity index (χ2v) is 12.5. The topological polar surface area (TPSA) is 63.8 Å². The van der Waals surface area contributed by atoms with Crippen molar-refractivity contribution in [3.05, 3.63) is 5.82 Å². The van der Waals surface area contributed by atoms with Gasteiger partial charge in [0.2, 0.25) is 0 Å². The summed E-state index contributed by atoms with van der Waals surface area (Å²) >= 11 is 0. The Kier molecular flexibility index (Phi) is 4.44. The molecule has 6 rings (SSSR count). The highest BCUT2D eigenvalue weighted by Gasteiger charge is 2.61. The normalized spacial score (nSPS) is 52.4. The maximum atomic E-state index is 10.6. The van der Waals surface area contributed by atoms with E-state index in [1.807, 2.05) is 11.7 Å². The van der Waals surface area contributed by atoms with Crippen molar-refractivity contribution in [1.29, 1.82) is 0 Å². The third-order valence-corrected chi connectivity index (χ3v) is 10.8. The number of hydrogen-bond donors (Lipinski definition) is 1. The molecule has 1 N–H and O–H groups in total. The summed E-state index contributed by atoms with van der Waals surface area (Å²) in [7, 11) is 0. The molecule has 1 aromatic rings. The van der Waals surface area contributed by atoms with Gasteiger partial charge in [0.1, 0.15) is 0 Å². The van der Waals surface area contributed by atoms with Crippen LogP contribution in [0, 0.1) is 59.7 Å². The second-order valence-electron chi connectivity index (χ2n) is 12.5. The molecule has 0 saturated heterocycles. The van der Waals surface area contributed by atoms with Crippen LogP contribution < -0.4 is 0 Å². The molecule has 5 aliphatic rings. The number of hydrogen-bond acceptors (Lipinski definition) is 4. The van der Waals surface area contributed by atoms with Crippen LogP contribution in [0.25, 0.3) is 0 Å². The highest BCUT2D eigenvalue weighted by atomic mass is 16.3. The first kappa shape index (κ1) is 19.7. The number of fused-ring (bicyclic) bond motifs is 5. The van der Waals surface area contributed by atoms with Crippen LogP contribution in [-0.4, -0.2) is 30.9 Å². The Labute approximate surface area is 181 Å². The fraction of sp³-hybridized carbons (Fsp3) is 0.960. The average Bonchev–Trinajstić information content (AvgIpc) is 3.15. The Hall–Kier alpha value is -0.970. The van der Waals surface area contributed by atoms with Crippen molar-refractivity contribution in [3.63, 3.8) is 0 Å². The van der Waals surface area contributed by atoms with E-state index < -0.39 is 5.60 Å². The molecule has 0 spiro atoms. The van der Waals surface area contributed by atoms with Gasteiger partial charge in [-0.1, -0.05) is 6.92 Å². The number of tetrazole rings is 1. The Bertz CT molecular complexity index is 805. The predicted octanol–water partition coefficient (Wildman–Crippen LogP) is 4.64. The van der Waals surface area contributed by atoms with Crippen molar-refractivity contribution in [2.45, 2.75) is 97.1 Å². The predicted molar refractivity (Wildman–Crippen MR) is 115 cm³/mol. The number of aryl methyl sites for hydroxylation is 1. The Balaban J connectivity index is 1.15. The van der Waals surface area contributed by atoms with Crippen LogP contribution in [0.5, 0.6) is 0 Å². The first-order chi connectivity index (χ1) is 14.3. The molecule has 5 nitrogen and oxygen atoms in total. The molecule has 0 aromatic carbocycles. The molecular weight excluding hydrogens is 372 g/mol. The van der Waals surface area contributed by atoms with E-state index in [4.69, 9.17) is 0 Å². The van der Waals surface area contributed by atoms with Crippen molar-refractivity contribution < 1.29 is 5.11 Å². The minimum Gasteiger partial charge on any atom is -0.390 e. The lowest BCUT2D eigenvalue weighted by atomic mass is 9.49. The summed E-state index contributed by atoms with van der Waals surface area (Å²) in [5.41, 5.74) is 0.174. The summed E-state index contributed by atoms with van der Waals surface area (Å²) < 4.78 is 0. The fourth-order valence-electron chi connectivity index (χ4n) is 9.41. The van der Waals surface area contributed by atoms with Gasteiger partial charge in [-0.2, -0.15) is 4.80 Å². The van der Waals surface area contributed by atoms with Gasteiger partial charge in [0.25, 0.3) is 0 Å². The fourth-order valence-corrected chi connectivity index (χ4v) is 9.41. The zero-order valence-corrected chi connectivity index (χ0v) is 19.1. The van der Waals surface area contributed by atoms with Gasteiger partial charge < -0.3 is 5.11 Å². The average molecular weight is 413 g/mol. The largest absolute Gasteiger partial charge is 0.390 e. The molecule has 5 heteroatoms. The highest BCUT2D eigenvalue weighted by molar-refractivity contribution is 5.10. The zero-order chi connectivity index (χ0) is 20.7. The van der Waals surface area contributed by atoms with Crippen molar-refractivity contribution in [3.8, 4) is 0 Å². The standard InChI is InChI=1S/C25H40N4O/c1-15-26-28-29(27-15)14-17-12-21(17)23-7-6-22-20-5-4-16-13-24(2,30)10-8-18(16)19(20)9-11-25(22,23)3/h16-23,30H,4-14H2,1-3H3/t16-,17-,18+,19-,20-,21+,22+,23-,24-,25+/m1/s1. The van der Waals surface area contributed by atoms with Crippen LogP contribution in [0.2, 0.25) is 0 Å². The van der Waals surface area contributed by atoms with Crippen molar-refractivity contribution in [2.24, 2.45) is 52.8 Å². The number of nitrogens with zero attached hydrogens (tertiary/aromatic N) is 4. The van der Waals surface area contributed by atoms with E-state index in [-0.39, 0.29) is 0 Å². The van der Waals surface area contributed by atoms with Crippen molar-refractivity contribution in [2.75, 3.05) is 0 Å². The summed E-state index contributed by atoms with van der Waals surface area (Å²) in [6.07, 6.45) is 13.4. The summed E-state index contributed by atoms with van der Waals surface area (Å²) in [5.74, 6) is 7.95. The van der Waals surface area contributed by atoms with E-state index in [2.05, 4.69) is 29.3 Å². The second kappa shape index (κ2) is 6.76. The van der Waals surface area contributed by atoms with Gasteiger partial charge >= 0.3 is 0 Å². The van der Waals surface area contributed by atoms with E-state index >= 15 is 0 Å². The van der Waals surface area contributed by atoms with Crippen molar-refractivity contribution >= 4 is 0 Å². The van der Waals surface area contributed by atoms with Crippen LogP contribution in [0.1, 0.15) is 83.9 Å². The maximum absolute atomic E-state index is 10.6. The van der Waals surface area contributed by atoms with Crippen LogP contribution in [0.3, 0.4) is 0 Å². The molecule has 0 amide bonds. The smallest absolute Gasteiger partial charge is 0.171 e. The number of aliphatic hydroxyl groups is 1. The molecule has 0 aliphatic heterocycles. The van der Waals surface area contributed by atoms with E-state index in [1.165, 1.54) is 51.4 Å². The minimum atomic E-state index is -0.395. The van der Waals surface area contributed by atoms with Gasteiger partial charge in [-0.25, -0.2) is 0 Å². The van der Waals surface area contributed by atoms with Crippen LogP contribution in [0.4, 0.5) is 0 Å². The lowest BCUT2D eigenvalue weighted by Gasteiger charge is -2.57. The molecule has 0 unspecified atom stereocenters. The Morgan fingerprint density at radius 3 is 2.47 bits per heavy atom. The van der Waals surface area contributed by atoms with Crippen LogP contribution in [0.15, 0.2) is 0 Å². The summed E-state index contributed by atoms with van der Waals surface area (Å²) in [6.45, 7) is 7.66. The molecule has 1 heterocycles. The van der Waals surface area contributed by atoms with E-state index in [0.29, 0.717) is 5.41 Å². The molecule has 5 fully saturated rings. The zero-order valence-electron chi connectivity index (χ0n) is 19.1. The molecule has 0 radical (unpaired) electrons.